The number of amides is 1. The molecule has 7 nitrogen and oxygen atoms in total. The first-order valence-corrected chi connectivity index (χ1v) is 7.31. The molecule has 1 N–H and O–H groups in total. The van der Waals surface area contributed by atoms with Crippen molar-refractivity contribution in [3.05, 3.63) is 41.5 Å². The lowest BCUT2D eigenvalue weighted by molar-refractivity contribution is 0.102. The summed E-state index contributed by atoms with van der Waals surface area (Å²) in [6.45, 7) is 0. The molecule has 0 aliphatic heterocycles. The maximum atomic E-state index is 12.0. The van der Waals surface area contributed by atoms with Gasteiger partial charge in [-0.15, -0.1) is 16.4 Å². The molecule has 0 atom stereocenters. The topological polar surface area (TPSA) is 81.9 Å². The molecule has 2 aromatic heterocycles. The summed E-state index contributed by atoms with van der Waals surface area (Å²) in [5.74, 6) is 0.426. The van der Waals surface area contributed by atoms with E-state index in [-0.39, 0.29) is 11.6 Å². The fraction of sp³-hybridized carbons (Fsp3) is 0.143. The molecule has 1 amide bonds. The summed E-state index contributed by atoms with van der Waals surface area (Å²) in [5, 5.41) is 12.6. The van der Waals surface area contributed by atoms with E-state index in [1.165, 1.54) is 16.0 Å². The van der Waals surface area contributed by atoms with Crippen molar-refractivity contribution in [1.82, 2.24) is 20.0 Å². The summed E-state index contributed by atoms with van der Waals surface area (Å²) in [4.78, 5) is 16.4. The number of carbonyl (C=O) groups is 1. The van der Waals surface area contributed by atoms with Crippen LogP contribution in [-0.2, 0) is 7.05 Å². The molecule has 22 heavy (non-hydrogen) atoms. The van der Waals surface area contributed by atoms with Crippen molar-refractivity contribution >= 4 is 22.4 Å². The molecule has 1 aromatic carbocycles. The number of rotatable bonds is 4. The Labute approximate surface area is 130 Å². The number of hydrogen-bond acceptors (Lipinski definition) is 6. The van der Waals surface area contributed by atoms with Gasteiger partial charge in [0, 0.05) is 18.0 Å². The average Bonchev–Trinajstić information content (AvgIpc) is 3.16. The molecule has 3 rings (SSSR count). The van der Waals surface area contributed by atoms with Crippen LogP contribution in [0.4, 0.5) is 5.13 Å². The van der Waals surface area contributed by atoms with Crippen LogP contribution in [0.15, 0.2) is 35.8 Å². The van der Waals surface area contributed by atoms with E-state index >= 15 is 0 Å². The van der Waals surface area contributed by atoms with Gasteiger partial charge < -0.3 is 4.74 Å². The number of anilines is 1. The van der Waals surface area contributed by atoms with Crippen molar-refractivity contribution in [2.24, 2.45) is 7.05 Å². The van der Waals surface area contributed by atoms with Crippen LogP contribution in [0.1, 0.15) is 10.5 Å². The Bertz CT molecular complexity index is 811. The highest BCUT2D eigenvalue weighted by molar-refractivity contribution is 7.14. The van der Waals surface area contributed by atoms with Gasteiger partial charge in [-0.1, -0.05) is 17.3 Å². The predicted octanol–water partition coefficient (Wildman–Crippen LogP) is 2.20. The normalized spacial score (nSPS) is 10.5. The van der Waals surface area contributed by atoms with Crippen molar-refractivity contribution in [1.29, 1.82) is 0 Å². The maximum absolute atomic E-state index is 12.0. The van der Waals surface area contributed by atoms with E-state index in [0.717, 1.165) is 17.0 Å². The van der Waals surface area contributed by atoms with Crippen molar-refractivity contribution in [2.45, 2.75) is 0 Å². The molecule has 0 saturated carbocycles. The Hall–Kier alpha value is -2.74. The minimum Gasteiger partial charge on any atom is -0.497 e. The smallest absolute Gasteiger partial charge is 0.279 e. The molecule has 2 heterocycles. The number of carbonyl (C=O) groups excluding carboxylic acids is 1. The van der Waals surface area contributed by atoms with E-state index in [2.05, 4.69) is 20.6 Å². The van der Waals surface area contributed by atoms with Crippen LogP contribution in [-0.4, -0.2) is 33.0 Å². The second-order valence-corrected chi connectivity index (χ2v) is 5.36. The van der Waals surface area contributed by atoms with E-state index in [4.69, 9.17) is 4.74 Å². The summed E-state index contributed by atoms with van der Waals surface area (Å²) in [6, 6.07) is 7.59. The van der Waals surface area contributed by atoms with E-state index in [9.17, 15) is 4.79 Å². The van der Waals surface area contributed by atoms with Gasteiger partial charge in [0.1, 0.15) is 5.75 Å². The van der Waals surface area contributed by atoms with Gasteiger partial charge in [0.15, 0.2) is 10.8 Å². The third-order valence-electron chi connectivity index (χ3n) is 2.93. The largest absolute Gasteiger partial charge is 0.497 e. The molecule has 8 heteroatoms. The number of thiazole rings is 1. The predicted molar refractivity (Wildman–Crippen MR) is 83.1 cm³/mol. The number of nitrogens with zero attached hydrogens (tertiary/aromatic N) is 4. The van der Waals surface area contributed by atoms with Crippen molar-refractivity contribution in [3.63, 3.8) is 0 Å². The number of benzene rings is 1. The van der Waals surface area contributed by atoms with Crippen LogP contribution in [0.2, 0.25) is 0 Å². The highest BCUT2D eigenvalue weighted by Crippen LogP contribution is 2.27. The SMILES string of the molecule is COc1cccc(-c2csc(NC(=O)c3cn(C)nn3)n2)c1. The van der Waals surface area contributed by atoms with E-state index in [0.29, 0.717) is 5.13 Å². The number of hydrogen-bond donors (Lipinski definition) is 1. The van der Waals surface area contributed by atoms with Crippen LogP contribution in [0, 0.1) is 0 Å². The zero-order chi connectivity index (χ0) is 15.5. The van der Waals surface area contributed by atoms with Crippen molar-refractivity contribution in [2.75, 3.05) is 12.4 Å². The molecule has 0 fully saturated rings. The number of aryl methyl sites for hydroxylation is 1. The summed E-state index contributed by atoms with van der Waals surface area (Å²) in [5.41, 5.74) is 1.95. The van der Waals surface area contributed by atoms with Crippen LogP contribution in [0.5, 0.6) is 5.75 Å². The Morgan fingerprint density at radius 3 is 3.00 bits per heavy atom. The van der Waals surface area contributed by atoms with Gasteiger partial charge in [0.05, 0.1) is 19.0 Å². The fourth-order valence-electron chi connectivity index (χ4n) is 1.86. The van der Waals surface area contributed by atoms with E-state index in [1.54, 1.807) is 20.4 Å². The fourth-order valence-corrected chi connectivity index (χ4v) is 2.57. The van der Waals surface area contributed by atoms with Crippen LogP contribution in [0.25, 0.3) is 11.3 Å². The summed E-state index contributed by atoms with van der Waals surface area (Å²) >= 11 is 1.35. The third kappa shape index (κ3) is 2.96. The Morgan fingerprint density at radius 2 is 2.27 bits per heavy atom. The molecular weight excluding hydrogens is 302 g/mol. The average molecular weight is 315 g/mol. The van der Waals surface area contributed by atoms with Gasteiger partial charge in [-0.2, -0.15) is 0 Å². The minimum absolute atomic E-state index is 0.251. The summed E-state index contributed by atoms with van der Waals surface area (Å²) in [7, 11) is 3.32. The Balaban J connectivity index is 1.77. The summed E-state index contributed by atoms with van der Waals surface area (Å²) in [6.07, 6.45) is 1.55. The molecule has 112 valence electrons. The van der Waals surface area contributed by atoms with E-state index in [1.807, 2.05) is 29.6 Å². The van der Waals surface area contributed by atoms with Crippen LogP contribution >= 0.6 is 11.3 Å². The lowest BCUT2D eigenvalue weighted by Crippen LogP contribution is -2.12. The molecule has 0 aliphatic rings. The zero-order valence-corrected chi connectivity index (χ0v) is 12.8. The second-order valence-electron chi connectivity index (χ2n) is 4.50. The Morgan fingerprint density at radius 1 is 1.41 bits per heavy atom. The standard InChI is InChI=1S/C14H13N5O2S/c1-19-7-11(17-18-19)13(20)16-14-15-12(8-22-14)9-4-3-5-10(6-9)21-2/h3-8H,1-2H3,(H,15,16,20). The summed E-state index contributed by atoms with van der Waals surface area (Å²) < 4.78 is 6.67. The minimum atomic E-state index is -0.334. The van der Waals surface area contributed by atoms with Gasteiger partial charge in [-0.3, -0.25) is 14.8 Å². The first-order valence-electron chi connectivity index (χ1n) is 6.43. The molecule has 0 spiro atoms. The highest BCUT2D eigenvalue weighted by Gasteiger charge is 2.13. The third-order valence-corrected chi connectivity index (χ3v) is 3.68. The Kier molecular flexibility index (Phi) is 3.84. The molecule has 0 radical (unpaired) electrons. The number of aromatic nitrogens is 4. The van der Waals surface area contributed by atoms with Gasteiger partial charge in [-0.05, 0) is 12.1 Å². The van der Waals surface area contributed by atoms with Crippen LogP contribution in [0.3, 0.4) is 0 Å². The number of ether oxygens (including phenoxy) is 1. The monoisotopic (exact) mass is 315 g/mol. The second kappa shape index (κ2) is 5.94. The van der Waals surface area contributed by atoms with Gasteiger partial charge in [-0.25, -0.2) is 4.98 Å². The molecule has 0 bridgehead atoms. The zero-order valence-electron chi connectivity index (χ0n) is 12.0. The molecular formula is C14H13N5O2S. The molecule has 0 unspecified atom stereocenters. The number of methoxy groups -OCH3 is 1. The lowest BCUT2D eigenvalue weighted by atomic mass is 10.2. The van der Waals surface area contributed by atoms with Crippen molar-refractivity contribution < 1.29 is 9.53 Å². The van der Waals surface area contributed by atoms with Gasteiger partial charge in [0.25, 0.3) is 5.91 Å². The first-order chi connectivity index (χ1) is 10.7. The van der Waals surface area contributed by atoms with Crippen molar-refractivity contribution in [3.8, 4) is 17.0 Å². The van der Waals surface area contributed by atoms with Crippen LogP contribution < -0.4 is 10.1 Å². The quantitative estimate of drug-likeness (QED) is 0.798. The first kappa shape index (κ1) is 14.2. The number of nitrogens with one attached hydrogen (secondary N) is 1. The van der Waals surface area contributed by atoms with E-state index < -0.39 is 0 Å². The molecule has 0 saturated heterocycles. The molecule has 0 aliphatic carbocycles. The van der Waals surface area contributed by atoms with Gasteiger partial charge >= 0.3 is 0 Å². The maximum Gasteiger partial charge on any atom is 0.279 e. The lowest BCUT2D eigenvalue weighted by Gasteiger charge is -2.01. The molecule has 3 aromatic rings. The van der Waals surface area contributed by atoms with Gasteiger partial charge in [0.2, 0.25) is 0 Å². The highest BCUT2D eigenvalue weighted by atomic mass is 32.1.